The molecule has 0 aromatic carbocycles. The number of hydrogen-bond acceptors (Lipinski definition) is 1. The monoisotopic (exact) mass is 366 g/mol. The Morgan fingerprint density at radius 1 is 1.50 bits per heavy atom. The summed E-state index contributed by atoms with van der Waals surface area (Å²) in [6.45, 7) is 1.95. The van der Waals surface area contributed by atoms with E-state index in [0.29, 0.717) is 5.41 Å². The number of aryl methyl sites for hydroxylation is 1. The van der Waals surface area contributed by atoms with Gasteiger partial charge in [-0.25, -0.2) is 0 Å². The molecule has 1 N–H and O–H groups in total. The van der Waals surface area contributed by atoms with Crippen LogP contribution >= 0.6 is 15.9 Å². The molecule has 0 bridgehead atoms. The number of rotatable bonds is 5. The molecule has 0 unspecified atom stereocenters. The fraction of sp³-hybridized carbons (Fsp3) is 0.706. The lowest BCUT2D eigenvalue weighted by atomic mass is 9.65. The van der Waals surface area contributed by atoms with Gasteiger partial charge in [0.05, 0.1) is 6.54 Å². The van der Waals surface area contributed by atoms with Gasteiger partial charge in [0.25, 0.3) is 0 Å². The molecule has 5 heteroatoms. The van der Waals surface area contributed by atoms with E-state index in [9.17, 15) is 0 Å². The summed E-state index contributed by atoms with van der Waals surface area (Å²) in [4.78, 5) is 6.68. The molecule has 4 nitrogen and oxygen atoms in total. The highest BCUT2D eigenvalue weighted by Crippen LogP contribution is 2.56. The van der Waals surface area contributed by atoms with Gasteiger partial charge < -0.3 is 14.8 Å². The first kappa shape index (κ1) is 15.9. The Morgan fingerprint density at radius 2 is 2.23 bits per heavy atom. The second-order valence-corrected chi connectivity index (χ2v) is 7.92. The third-order valence-corrected chi connectivity index (χ3v) is 5.87. The van der Waals surface area contributed by atoms with Crippen LogP contribution in [0.25, 0.3) is 0 Å². The zero-order chi connectivity index (χ0) is 15.7. The van der Waals surface area contributed by atoms with E-state index < -0.39 is 0 Å². The quantitative estimate of drug-likeness (QED) is 0.639. The van der Waals surface area contributed by atoms with Crippen molar-refractivity contribution in [3.05, 3.63) is 22.4 Å². The van der Waals surface area contributed by atoms with E-state index >= 15 is 0 Å². The summed E-state index contributed by atoms with van der Waals surface area (Å²) in [6, 6.07) is 2.17. The predicted molar refractivity (Wildman–Crippen MR) is 94.9 cm³/mol. The maximum Gasteiger partial charge on any atom is 0.193 e. The molecule has 0 atom stereocenters. The third kappa shape index (κ3) is 3.19. The number of hydrogen-bond donors (Lipinski definition) is 1. The van der Waals surface area contributed by atoms with Crippen LogP contribution in [0.1, 0.15) is 37.8 Å². The Kier molecular flexibility index (Phi) is 4.53. The van der Waals surface area contributed by atoms with Gasteiger partial charge in [0.1, 0.15) is 0 Å². The van der Waals surface area contributed by atoms with Crippen LogP contribution in [0.3, 0.4) is 0 Å². The van der Waals surface area contributed by atoms with Crippen molar-refractivity contribution in [1.82, 2.24) is 14.8 Å². The fourth-order valence-electron chi connectivity index (χ4n) is 3.74. The van der Waals surface area contributed by atoms with Crippen LogP contribution in [-0.4, -0.2) is 36.1 Å². The van der Waals surface area contributed by atoms with E-state index in [1.54, 1.807) is 0 Å². The highest BCUT2D eigenvalue weighted by atomic mass is 79.9. The van der Waals surface area contributed by atoms with Crippen molar-refractivity contribution in [3.63, 3.8) is 0 Å². The average molecular weight is 367 g/mol. The van der Waals surface area contributed by atoms with Crippen LogP contribution in [0.5, 0.6) is 0 Å². The van der Waals surface area contributed by atoms with Crippen molar-refractivity contribution >= 4 is 21.9 Å². The van der Waals surface area contributed by atoms with E-state index in [-0.39, 0.29) is 0 Å². The van der Waals surface area contributed by atoms with E-state index in [1.165, 1.54) is 37.8 Å². The maximum atomic E-state index is 4.47. The van der Waals surface area contributed by atoms with Crippen LogP contribution in [0.15, 0.2) is 21.7 Å². The molecule has 1 aromatic heterocycles. The van der Waals surface area contributed by atoms with Crippen molar-refractivity contribution in [1.29, 1.82) is 0 Å². The van der Waals surface area contributed by atoms with Gasteiger partial charge >= 0.3 is 0 Å². The number of aliphatic imine (C=N–C) groups is 1. The minimum atomic E-state index is 0.574. The maximum absolute atomic E-state index is 4.47. The molecular weight excluding hydrogens is 340 g/mol. The van der Waals surface area contributed by atoms with Crippen LogP contribution in [0, 0.1) is 11.3 Å². The molecule has 0 saturated heterocycles. The Bertz CT molecular complexity index is 555. The Morgan fingerprint density at radius 3 is 2.68 bits per heavy atom. The largest absolute Gasteiger partial charge is 0.356 e. The number of guanidine groups is 1. The molecule has 22 heavy (non-hydrogen) atoms. The van der Waals surface area contributed by atoms with Crippen molar-refractivity contribution in [2.75, 3.05) is 20.6 Å². The molecule has 0 radical (unpaired) electrons. The standard InChI is InChI=1S/C17H27BrN4/c1-19-16(20-12-17(7-4-8-17)13-5-6-13)22(3)11-15-9-14(18)10-21(15)2/h9-10,13H,4-8,11-12H2,1-3H3,(H,19,20). The second kappa shape index (κ2) is 6.26. The van der Waals surface area contributed by atoms with E-state index in [1.807, 2.05) is 7.05 Å². The molecule has 1 aromatic rings. The van der Waals surface area contributed by atoms with E-state index in [0.717, 1.165) is 29.4 Å². The van der Waals surface area contributed by atoms with E-state index in [2.05, 4.69) is 62.1 Å². The summed E-state index contributed by atoms with van der Waals surface area (Å²) in [6.07, 6.45) is 9.17. The fourth-order valence-corrected chi connectivity index (χ4v) is 4.31. The molecule has 2 aliphatic carbocycles. The number of nitrogens with zero attached hydrogens (tertiary/aromatic N) is 3. The Hall–Kier alpha value is -0.970. The molecule has 1 heterocycles. The highest BCUT2D eigenvalue weighted by molar-refractivity contribution is 9.10. The van der Waals surface area contributed by atoms with Gasteiger partial charge in [-0.15, -0.1) is 0 Å². The summed E-state index contributed by atoms with van der Waals surface area (Å²) in [5.41, 5.74) is 1.85. The molecule has 122 valence electrons. The predicted octanol–water partition coefficient (Wildman–Crippen LogP) is 3.38. The summed E-state index contributed by atoms with van der Waals surface area (Å²) in [7, 11) is 6.08. The summed E-state index contributed by atoms with van der Waals surface area (Å²) in [5.74, 6) is 1.98. The average Bonchev–Trinajstić information content (AvgIpc) is 3.21. The summed E-state index contributed by atoms with van der Waals surface area (Å²) < 4.78 is 3.29. The second-order valence-electron chi connectivity index (χ2n) is 7.01. The van der Waals surface area contributed by atoms with Crippen LogP contribution < -0.4 is 5.32 Å². The molecule has 2 aliphatic rings. The SMILES string of the molecule is CN=C(NCC1(C2CC2)CCC1)N(C)Cc1cc(Br)cn1C. The lowest BCUT2D eigenvalue weighted by Crippen LogP contribution is -2.47. The van der Waals surface area contributed by atoms with Gasteiger partial charge in [-0.3, -0.25) is 4.99 Å². The van der Waals surface area contributed by atoms with Crippen LogP contribution in [-0.2, 0) is 13.6 Å². The van der Waals surface area contributed by atoms with Crippen molar-refractivity contribution in [3.8, 4) is 0 Å². The van der Waals surface area contributed by atoms with Crippen molar-refractivity contribution in [2.45, 2.75) is 38.6 Å². The van der Waals surface area contributed by atoms with Crippen molar-refractivity contribution < 1.29 is 0 Å². The third-order valence-electron chi connectivity index (χ3n) is 5.44. The molecule has 0 aliphatic heterocycles. The number of nitrogens with one attached hydrogen (secondary N) is 1. The lowest BCUT2D eigenvalue weighted by Gasteiger charge is -2.43. The van der Waals surface area contributed by atoms with Gasteiger partial charge in [0.2, 0.25) is 0 Å². The minimum Gasteiger partial charge on any atom is -0.356 e. The van der Waals surface area contributed by atoms with Crippen LogP contribution in [0.2, 0.25) is 0 Å². The first-order valence-electron chi connectivity index (χ1n) is 8.26. The molecule has 3 rings (SSSR count). The molecule has 2 fully saturated rings. The Labute approximate surface area is 142 Å². The molecule has 0 amide bonds. The highest BCUT2D eigenvalue weighted by Gasteiger charge is 2.48. The molecule has 2 saturated carbocycles. The Balaban J connectivity index is 1.58. The smallest absolute Gasteiger partial charge is 0.193 e. The van der Waals surface area contributed by atoms with Gasteiger partial charge in [0.15, 0.2) is 5.96 Å². The van der Waals surface area contributed by atoms with Gasteiger partial charge in [-0.2, -0.15) is 0 Å². The number of aromatic nitrogens is 1. The molecule has 0 spiro atoms. The van der Waals surface area contributed by atoms with Crippen LogP contribution in [0.4, 0.5) is 0 Å². The topological polar surface area (TPSA) is 32.6 Å². The van der Waals surface area contributed by atoms with Gasteiger partial charge in [-0.1, -0.05) is 6.42 Å². The first-order valence-corrected chi connectivity index (χ1v) is 9.06. The van der Waals surface area contributed by atoms with Gasteiger partial charge in [0, 0.05) is 44.1 Å². The zero-order valence-corrected chi connectivity index (χ0v) is 15.5. The van der Waals surface area contributed by atoms with Crippen molar-refractivity contribution in [2.24, 2.45) is 23.4 Å². The zero-order valence-electron chi connectivity index (χ0n) is 13.9. The minimum absolute atomic E-state index is 0.574. The lowest BCUT2D eigenvalue weighted by molar-refractivity contribution is 0.105. The normalized spacial score (nSPS) is 20.6. The molecular formula is C17H27BrN4. The first-order chi connectivity index (χ1) is 10.5. The number of halogens is 1. The van der Waals surface area contributed by atoms with E-state index in [4.69, 9.17) is 0 Å². The summed E-state index contributed by atoms with van der Waals surface area (Å²) >= 11 is 3.54. The summed E-state index contributed by atoms with van der Waals surface area (Å²) in [5, 5.41) is 3.63. The van der Waals surface area contributed by atoms with Gasteiger partial charge in [-0.05, 0) is 59.0 Å².